The van der Waals surface area contributed by atoms with Crippen LogP contribution in [-0.4, -0.2) is 20.7 Å². The van der Waals surface area contributed by atoms with Crippen molar-refractivity contribution < 1.29 is 4.79 Å². The van der Waals surface area contributed by atoms with Crippen LogP contribution in [0.1, 0.15) is 41.5 Å². The summed E-state index contributed by atoms with van der Waals surface area (Å²) in [4.78, 5) is 26.2. The fraction of sp³-hybridized carbons (Fsp3) is 0.250. The Labute approximate surface area is 169 Å². The molecule has 1 N–H and O–H groups in total. The smallest absolute Gasteiger partial charge is 0.159 e. The van der Waals surface area contributed by atoms with E-state index >= 15 is 0 Å². The third-order valence-corrected chi connectivity index (χ3v) is 5.46. The van der Waals surface area contributed by atoms with E-state index in [1.54, 1.807) is 6.92 Å². The molecule has 2 heterocycles. The van der Waals surface area contributed by atoms with E-state index in [1.807, 2.05) is 42.6 Å². The number of anilines is 1. The molecule has 0 aliphatic heterocycles. The Hall–Kier alpha value is -3.34. The normalized spacial score (nSPS) is 13.7. The number of Topliss-reactive ketones (excluding diaryl/α,β-unsaturated/α-hetero) is 1. The SMILES string of the molecule is CC(=O)c1ccc2c(c1)nc(NCc1ccccc1)c1nc(CC3CC3)ncc12. The summed E-state index contributed by atoms with van der Waals surface area (Å²) in [6.07, 6.45) is 5.37. The van der Waals surface area contributed by atoms with E-state index in [0.717, 1.165) is 45.8 Å². The molecule has 0 atom stereocenters. The van der Waals surface area contributed by atoms with E-state index in [0.29, 0.717) is 12.1 Å². The van der Waals surface area contributed by atoms with Gasteiger partial charge in [-0.2, -0.15) is 0 Å². The van der Waals surface area contributed by atoms with Crippen molar-refractivity contribution >= 4 is 33.4 Å². The second-order valence-electron chi connectivity index (χ2n) is 7.78. The molecule has 0 amide bonds. The molecule has 5 nitrogen and oxygen atoms in total. The van der Waals surface area contributed by atoms with Gasteiger partial charge in [0.05, 0.1) is 5.52 Å². The fourth-order valence-corrected chi connectivity index (χ4v) is 3.62. The monoisotopic (exact) mass is 382 g/mol. The first-order chi connectivity index (χ1) is 14.2. The average molecular weight is 382 g/mol. The highest BCUT2D eigenvalue weighted by Gasteiger charge is 2.23. The molecule has 0 spiro atoms. The molecule has 0 unspecified atom stereocenters. The number of aromatic nitrogens is 3. The predicted molar refractivity (Wildman–Crippen MR) is 115 cm³/mol. The zero-order valence-electron chi connectivity index (χ0n) is 16.4. The van der Waals surface area contributed by atoms with Gasteiger partial charge in [-0.25, -0.2) is 15.0 Å². The van der Waals surface area contributed by atoms with Crippen molar-refractivity contribution in [2.45, 2.75) is 32.7 Å². The van der Waals surface area contributed by atoms with Gasteiger partial charge in [0.2, 0.25) is 0 Å². The fourth-order valence-electron chi connectivity index (χ4n) is 3.62. The number of fused-ring (bicyclic) bond motifs is 3. The number of pyridine rings is 1. The lowest BCUT2D eigenvalue weighted by Gasteiger charge is -2.12. The molecule has 2 aromatic carbocycles. The molecule has 1 aliphatic rings. The Morgan fingerprint density at radius 2 is 1.90 bits per heavy atom. The Morgan fingerprint density at radius 3 is 2.66 bits per heavy atom. The van der Waals surface area contributed by atoms with Crippen LogP contribution in [0.25, 0.3) is 21.8 Å². The number of nitrogens with one attached hydrogen (secondary N) is 1. The van der Waals surface area contributed by atoms with Crippen LogP contribution < -0.4 is 5.32 Å². The Bertz CT molecular complexity index is 1220. The highest BCUT2D eigenvalue weighted by atomic mass is 16.1. The lowest BCUT2D eigenvalue weighted by atomic mass is 10.1. The molecule has 4 aromatic rings. The van der Waals surface area contributed by atoms with E-state index in [-0.39, 0.29) is 5.78 Å². The minimum Gasteiger partial charge on any atom is -0.364 e. The number of ketones is 1. The van der Waals surface area contributed by atoms with Gasteiger partial charge < -0.3 is 5.32 Å². The van der Waals surface area contributed by atoms with Crippen LogP contribution in [0.3, 0.4) is 0 Å². The molecule has 0 radical (unpaired) electrons. The van der Waals surface area contributed by atoms with Crippen LogP contribution >= 0.6 is 0 Å². The topological polar surface area (TPSA) is 67.8 Å². The number of hydrogen-bond donors (Lipinski definition) is 1. The van der Waals surface area contributed by atoms with Crippen LogP contribution in [0.15, 0.2) is 54.7 Å². The summed E-state index contributed by atoms with van der Waals surface area (Å²) in [5.74, 6) is 2.36. The van der Waals surface area contributed by atoms with Crippen molar-refractivity contribution in [2.75, 3.05) is 5.32 Å². The quantitative estimate of drug-likeness (QED) is 0.378. The molecule has 144 valence electrons. The number of rotatable bonds is 6. The standard InChI is InChI=1S/C24H22N4O/c1-15(29)18-9-10-19-20-14-25-22(11-16-7-8-16)28-23(20)24(27-21(19)12-18)26-13-17-5-3-2-4-6-17/h2-6,9-10,12,14,16H,7-8,11,13H2,1H3,(H,26,27). The number of hydrogen-bond acceptors (Lipinski definition) is 5. The maximum Gasteiger partial charge on any atom is 0.159 e. The third-order valence-electron chi connectivity index (χ3n) is 5.46. The van der Waals surface area contributed by atoms with Crippen molar-refractivity contribution in [3.63, 3.8) is 0 Å². The molecule has 0 saturated heterocycles. The molecule has 5 rings (SSSR count). The predicted octanol–water partition coefficient (Wildman–Crippen LogP) is 4.95. The van der Waals surface area contributed by atoms with E-state index < -0.39 is 0 Å². The highest BCUT2D eigenvalue weighted by molar-refractivity contribution is 6.09. The molecule has 5 heteroatoms. The molecule has 2 aromatic heterocycles. The van der Waals surface area contributed by atoms with Crippen molar-refractivity contribution in [1.82, 2.24) is 15.0 Å². The van der Waals surface area contributed by atoms with Gasteiger partial charge in [-0.05, 0) is 37.3 Å². The molecule has 0 bridgehead atoms. The van der Waals surface area contributed by atoms with Gasteiger partial charge in [-0.1, -0.05) is 42.5 Å². The van der Waals surface area contributed by atoms with Gasteiger partial charge in [-0.15, -0.1) is 0 Å². The van der Waals surface area contributed by atoms with E-state index in [2.05, 4.69) is 22.4 Å². The molecule has 1 aliphatic carbocycles. The maximum atomic E-state index is 11.8. The summed E-state index contributed by atoms with van der Waals surface area (Å²) >= 11 is 0. The highest BCUT2D eigenvalue weighted by Crippen LogP contribution is 2.33. The number of nitrogens with zero attached hydrogens (tertiary/aromatic N) is 3. The molecular formula is C24H22N4O. The van der Waals surface area contributed by atoms with E-state index in [9.17, 15) is 4.79 Å². The van der Waals surface area contributed by atoms with Crippen molar-refractivity contribution in [2.24, 2.45) is 5.92 Å². The average Bonchev–Trinajstić information content (AvgIpc) is 3.56. The van der Waals surface area contributed by atoms with Gasteiger partial charge in [0.25, 0.3) is 0 Å². The molecule has 1 saturated carbocycles. The van der Waals surface area contributed by atoms with E-state index in [1.165, 1.54) is 18.4 Å². The van der Waals surface area contributed by atoms with Gasteiger partial charge in [0, 0.05) is 35.5 Å². The first kappa shape index (κ1) is 17.7. The Balaban J connectivity index is 1.63. The summed E-state index contributed by atoms with van der Waals surface area (Å²) in [5.41, 5.74) is 3.45. The van der Waals surface area contributed by atoms with Gasteiger partial charge in [0.15, 0.2) is 11.6 Å². The number of carbonyl (C=O) groups excluding carboxylic acids is 1. The van der Waals surface area contributed by atoms with Crippen molar-refractivity contribution in [1.29, 1.82) is 0 Å². The van der Waals surface area contributed by atoms with Gasteiger partial charge in [-0.3, -0.25) is 4.79 Å². The van der Waals surface area contributed by atoms with Crippen LogP contribution in [0.2, 0.25) is 0 Å². The minimum atomic E-state index is 0.0311. The van der Waals surface area contributed by atoms with Crippen molar-refractivity contribution in [3.8, 4) is 0 Å². The summed E-state index contributed by atoms with van der Waals surface area (Å²) in [7, 11) is 0. The summed E-state index contributed by atoms with van der Waals surface area (Å²) in [6, 6.07) is 15.9. The number of benzene rings is 2. The summed E-state index contributed by atoms with van der Waals surface area (Å²) in [5, 5.41) is 5.38. The Kier molecular flexibility index (Phi) is 4.43. The maximum absolute atomic E-state index is 11.8. The van der Waals surface area contributed by atoms with Gasteiger partial charge in [0.1, 0.15) is 11.3 Å². The third kappa shape index (κ3) is 3.68. The molecular weight excluding hydrogens is 360 g/mol. The summed E-state index contributed by atoms with van der Waals surface area (Å²) < 4.78 is 0. The second-order valence-corrected chi connectivity index (χ2v) is 7.78. The van der Waals surface area contributed by atoms with E-state index in [4.69, 9.17) is 9.97 Å². The minimum absolute atomic E-state index is 0.0311. The molecule has 29 heavy (non-hydrogen) atoms. The lowest BCUT2D eigenvalue weighted by Crippen LogP contribution is -2.06. The lowest BCUT2D eigenvalue weighted by molar-refractivity contribution is 0.101. The zero-order chi connectivity index (χ0) is 19.8. The summed E-state index contributed by atoms with van der Waals surface area (Å²) in [6.45, 7) is 2.23. The van der Waals surface area contributed by atoms with Crippen molar-refractivity contribution in [3.05, 3.63) is 71.7 Å². The van der Waals surface area contributed by atoms with Crippen LogP contribution in [0.5, 0.6) is 0 Å². The van der Waals surface area contributed by atoms with Crippen LogP contribution in [-0.2, 0) is 13.0 Å². The van der Waals surface area contributed by atoms with Crippen LogP contribution in [0, 0.1) is 5.92 Å². The van der Waals surface area contributed by atoms with Crippen LogP contribution in [0.4, 0.5) is 5.82 Å². The first-order valence-corrected chi connectivity index (χ1v) is 10.1. The Morgan fingerprint density at radius 1 is 1.07 bits per heavy atom. The molecule has 1 fully saturated rings. The zero-order valence-corrected chi connectivity index (χ0v) is 16.4. The largest absolute Gasteiger partial charge is 0.364 e. The second kappa shape index (κ2) is 7.24. The van der Waals surface area contributed by atoms with Gasteiger partial charge >= 0.3 is 0 Å². The first-order valence-electron chi connectivity index (χ1n) is 10.1. The number of carbonyl (C=O) groups is 1.